The van der Waals surface area contributed by atoms with Gasteiger partial charge < -0.3 is 4.42 Å². The number of hydrogen-bond donors (Lipinski definition) is 0. The molecule has 0 bridgehead atoms. The third kappa shape index (κ3) is 4.96. The number of hydrogen-bond acceptors (Lipinski definition) is 4. The fraction of sp³-hybridized carbons (Fsp3) is 0. The van der Waals surface area contributed by atoms with Crippen LogP contribution in [0.25, 0.3) is 99.9 Å². The van der Waals surface area contributed by atoms with Gasteiger partial charge in [0.15, 0.2) is 5.82 Å². The highest BCUT2D eigenvalue weighted by atomic mass is 16.3. The van der Waals surface area contributed by atoms with E-state index in [2.05, 4.69) is 146 Å². The van der Waals surface area contributed by atoms with Crippen molar-refractivity contribution in [3.63, 3.8) is 0 Å². The Labute approximate surface area is 294 Å². The van der Waals surface area contributed by atoms with Crippen molar-refractivity contribution in [2.24, 2.45) is 0 Å². The molecule has 238 valence electrons. The molecule has 0 atom stereocenters. The van der Waals surface area contributed by atoms with E-state index in [9.17, 15) is 0 Å². The van der Waals surface area contributed by atoms with Gasteiger partial charge in [-0.25, -0.2) is 15.0 Å². The van der Waals surface area contributed by atoms with Crippen molar-refractivity contribution in [3.05, 3.63) is 176 Å². The topological polar surface area (TPSA) is 51.8 Å². The Bertz CT molecular complexity index is 2900. The van der Waals surface area contributed by atoms with Crippen LogP contribution in [0.4, 0.5) is 0 Å². The number of para-hydroxylation sites is 1. The molecule has 0 saturated carbocycles. The van der Waals surface area contributed by atoms with Gasteiger partial charge in [0, 0.05) is 49.2 Å². The third-order valence-electron chi connectivity index (χ3n) is 9.69. The molecule has 0 radical (unpaired) electrons. The average molecular weight is 652 g/mol. The number of pyridine rings is 1. The van der Waals surface area contributed by atoms with E-state index in [1.165, 1.54) is 0 Å². The summed E-state index contributed by atoms with van der Waals surface area (Å²) in [4.78, 5) is 15.6. The summed E-state index contributed by atoms with van der Waals surface area (Å²) < 4.78 is 6.54. The van der Waals surface area contributed by atoms with Crippen molar-refractivity contribution >= 4 is 43.6 Å². The lowest BCUT2D eigenvalue weighted by Gasteiger charge is -2.13. The molecule has 4 nitrogen and oxygen atoms in total. The normalized spacial score (nSPS) is 11.5. The van der Waals surface area contributed by atoms with E-state index in [-0.39, 0.29) is 0 Å². The second kappa shape index (κ2) is 11.9. The highest BCUT2D eigenvalue weighted by molar-refractivity contribution is 6.28. The first-order valence-corrected chi connectivity index (χ1v) is 17.1. The van der Waals surface area contributed by atoms with E-state index in [1.54, 1.807) is 0 Å². The van der Waals surface area contributed by atoms with Crippen molar-refractivity contribution in [2.75, 3.05) is 0 Å². The average Bonchev–Trinajstić information content (AvgIpc) is 3.59. The summed E-state index contributed by atoms with van der Waals surface area (Å²) in [5.74, 6) is 0.679. The molecule has 0 aliphatic carbocycles. The zero-order chi connectivity index (χ0) is 33.7. The van der Waals surface area contributed by atoms with Crippen LogP contribution in [0, 0.1) is 0 Å². The molecule has 0 aliphatic heterocycles. The minimum Gasteiger partial charge on any atom is -0.456 e. The third-order valence-corrected chi connectivity index (χ3v) is 9.69. The summed E-state index contributed by atoms with van der Waals surface area (Å²) in [6.45, 7) is 0. The molecule has 0 saturated heterocycles. The minimum absolute atomic E-state index is 0.679. The van der Waals surface area contributed by atoms with Crippen LogP contribution in [0.2, 0.25) is 0 Å². The lowest BCUT2D eigenvalue weighted by atomic mass is 9.95. The molecular formula is C47H29N3O. The highest BCUT2D eigenvalue weighted by Crippen LogP contribution is 2.42. The molecule has 4 heteroatoms. The predicted octanol–water partition coefficient (Wildman–Crippen LogP) is 12.4. The van der Waals surface area contributed by atoms with Crippen molar-refractivity contribution < 1.29 is 4.42 Å². The molecule has 10 aromatic rings. The number of fused-ring (bicyclic) bond motifs is 7. The summed E-state index contributed by atoms with van der Waals surface area (Å²) in [6.07, 6.45) is 0. The molecule has 7 aromatic carbocycles. The van der Waals surface area contributed by atoms with Crippen LogP contribution in [-0.2, 0) is 0 Å². The predicted molar refractivity (Wildman–Crippen MR) is 209 cm³/mol. The van der Waals surface area contributed by atoms with Gasteiger partial charge in [-0.2, -0.15) is 0 Å². The van der Waals surface area contributed by atoms with Crippen LogP contribution in [0.5, 0.6) is 0 Å². The maximum Gasteiger partial charge on any atom is 0.161 e. The Kier molecular flexibility index (Phi) is 6.78. The van der Waals surface area contributed by atoms with E-state index < -0.39 is 0 Å². The van der Waals surface area contributed by atoms with E-state index in [4.69, 9.17) is 19.4 Å². The molecule has 3 aromatic heterocycles. The van der Waals surface area contributed by atoms with Gasteiger partial charge in [0.1, 0.15) is 11.2 Å². The molecule has 0 fully saturated rings. The largest absolute Gasteiger partial charge is 0.456 e. The first-order chi connectivity index (χ1) is 25.3. The lowest BCUT2D eigenvalue weighted by molar-refractivity contribution is 0.669. The second-order valence-corrected chi connectivity index (χ2v) is 12.8. The number of aromatic nitrogens is 3. The molecule has 0 unspecified atom stereocenters. The molecule has 0 spiro atoms. The van der Waals surface area contributed by atoms with Crippen LogP contribution in [0.1, 0.15) is 0 Å². The molecule has 10 rings (SSSR count). The Morgan fingerprint density at radius 3 is 1.73 bits per heavy atom. The molecule has 0 aliphatic rings. The summed E-state index contributed by atoms with van der Waals surface area (Å²) in [5.41, 5.74) is 11.6. The van der Waals surface area contributed by atoms with Crippen LogP contribution in [0.3, 0.4) is 0 Å². The van der Waals surface area contributed by atoms with Crippen molar-refractivity contribution in [2.45, 2.75) is 0 Å². The molecule has 51 heavy (non-hydrogen) atoms. The van der Waals surface area contributed by atoms with E-state index in [1.807, 2.05) is 30.3 Å². The monoisotopic (exact) mass is 651 g/mol. The second-order valence-electron chi connectivity index (χ2n) is 12.8. The van der Waals surface area contributed by atoms with E-state index in [0.29, 0.717) is 5.82 Å². The maximum absolute atomic E-state index is 6.54. The Hall–Kier alpha value is -6.91. The van der Waals surface area contributed by atoms with Gasteiger partial charge in [0.2, 0.25) is 0 Å². The number of rotatable bonds is 5. The zero-order valence-corrected chi connectivity index (χ0v) is 27.5. The quantitative estimate of drug-likeness (QED) is 0.174. The van der Waals surface area contributed by atoms with Crippen LogP contribution in [-0.4, -0.2) is 15.0 Å². The smallest absolute Gasteiger partial charge is 0.161 e. The summed E-state index contributed by atoms with van der Waals surface area (Å²) in [7, 11) is 0. The van der Waals surface area contributed by atoms with Gasteiger partial charge in [0.05, 0.1) is 22.6 Å². The van der Waals surface area contributed by atoms with Crippen molar-refractivity contribution in [1.29, 1.82) is 0 Å². The minimum atomic E-state index is 0.679. The first kappa shape index (κ1) is 29.0. The fourth-order valence-electron chi connectivity index (χ4n) is 7.30. The van der Waals surface area contributed by atoms with Crippen molar-refractivity contribution in [1.82, 2.24) is 15.0 Å². The number of nitrogens with zero attached hydrogens (tertiary/aromatic N) is 3. The summed E-state index contributed by atoms with van der Waals surface area (Å²) >= 11 is 0. The summed E-state index contributed by atoms with van der Waals surface area (Å²) in [5, 5.41) is 5.44. The van der Waals surface area contributed by atoms with Gasteiger partial charge in [-0.15, -0.1) is 0 Å². The lowest BCUT2D eigenvalue weighted by Crippen LogP contribution is -1.97. The van der Waals surface area contributed by atoms with Gasteiger partial charge in [-0.05, 0) is 53.6 Å². The summed E-state index contributed by atoms with van der Waals surface area (Å²) in [6, 6.07) is 60.6. The van der Waals surface area contributed by atoms with Gasteiger partial charge >= 0.3 is 0 Å². The van der Waals surface area contributed by atoms with Crippen molar-refractivity contribution in [3.8, 4) is 56.3 Å². The van der Waals surface area contributed by atoms with Gasteiger partial charge in [-0.1, -0.05) is 133 Å². The van der Waals surface area contributed by atoms with E-state index >= 15 is 0 Å². The fourth-order valence-corrected chi connectivity index (χ4v) is 7.30. The SMILES string of the molecule is c1ccc(-c2cc(-c3ccc4oc5ccc6c(-c7ccccc7)nc7ccccc7c6c5c4c3)nc(-c3ccccc3-c3ccccc3)n2)cc1. The maximum atomic E-state index is 6.54. The standard InChI is InChI=1S/C47H29N3O/c1-4-14-30(15-5-1)34-20-10-11-21-35(34)47-49-40(31-16-6-2-7-17-31)29-41(50-47)33-24-26-42-38(28-33)45-43(51-42)27-25-37-44(45)36-22-12-13-23-39(36)48-46(37)32-18-8-3-9-19-32/h1-29H. The van der Waals surface area contributed by atoms with Crippen LogP contribution in [0.15, 0.2) is 180 Å². The Morgan fingerprint density at radius 1 is 0.353 bits per heavy atom. The number of furan rings is 1. The highest BCUT2D eigenvalue weighted by Gasteiger charge is 2.19. The van der Waals surface area contributed by atoms with Crippen LogP contribution >= 0.6 is 0 Å². The van der Waals surface area contributed by atoms with E-state index in [0.717, 1.165) is 94.1 Å². The molecular weight excluding hydrogens is 623 g/mol. The van der Waals surface area contributed by atoms with Gasteiger partial charge in [0.25, 0.3) is 0 Å². The number of benzene rings is 7. The van der Waals surface area contributed by atoms with Crippen LogP contribution < -0.4 is 0 Å². The molecule has 0 amide bonds. The molecule has 0 N–H and O–H groups in total. The van der Waals surface area contributed by atoms with Gasteiger partial charge in [-0.3, -0.25) is 0 Å². The first-order valence-electron chi connectivity index (χ1n) is 17.1. The zero-order valence-electron chi connectivity index (χ0n) is 27.5. The molecule has 3 heterocycles. The Balaban J connectivity index is 1.24. The Morgan fingerprint density at radius 2 is 0.961 bits per heavy atom.